The molecule has 0 saturated carbocycles. The molecule has 0 unspecified atom stereocenters. The van der Waals surface area contributed by atoms with Gasteiger partial charge in [-0.05, 0) is 33.6 Å². The first-order valence-electron chi connectivity index (χ1n) is 6.67. The third-order valence-corrected chi connectivity index (χ3v) is 3.14. The van der Waals surface area contributed by atoms with E-state index < -0.39 is 5.60 Å². The zero-order valence-electron chi connectivity index (χ0n) is 12.1. The Balaban J connectivity index is 1.81. The van der Waals surface area contributed by atoms with Crippen molar-refractivity contribution < 1.29 is 9.53 Å². The van der Waals surface area contributed by atoms with Crippen LogP contribution in [0.4, 0.5) is 4.79 Å². The maximum atomic E-state index is 11.9. The van der Waals surface area contributed by atoms with Gasteiger partial charge in [0.05, 0.1) is 0 Å². The molecule has 2 heterocycles. The van der Waals surface area contributed by atoms with Crippen molar-refractivity contribution in [1.82, 2.24) is 21.0 Å². The predicted molar refractivity (Wildman–Crippen MR) is 72.0 cm³/mol. The topological polar surface area (TPSA) is 69.2 Å². The second kappa shape index (κ2) is 5.24. The predicted octanol–water partition coefficient (Wildman–Crippen LogP) is 0.902. The molecule has 2 aliphatic heterocycles. The highest BCUT2D eigenvalue weighted by atomic mass is 16.6. The van der Waals surface area contributed by atoms with Crippen molar-refractivity contribution >= 4 is 11.9 Å². The summed E-state index contributed by atoms with van der Waals surface area (Å²) < 4.78 is 5.38. The van der Waals surface area contributed by atoms with Gasteiger partial charge in [-0.3, -0.25) is 5.43 Å². The van der Waals surface area contributed by atoms with E-state index in [2.05, 4.69) is 16.1 Å². The van der Waals surface area contributed by atoms with Crippen LogP contribution in [-0.2, 0) is 4.74 Å². The van der Waals surface area contributed by atoms with Gasteiger partial charge >= 0.3 is 6.09 Å². The fourth-order valence-corrected chi connectivity index (χ4v) is 2.20. The molecule has 0 aromatic rings. The van der Waals surface area contributed by atoms with E-state index in [-0.39, 0.29) is 6.09 Å². The first-order valence-corrected chi connectivity index (χ1v) is 6.67. The molecule has 0 radical (unpaired) electrons. The number of piperidine rings is 1. The van der Waals surface area contributed by atoms with Crippen LogP contribution in [0.1, 0.15) is 33.6 Å². The van der Waals surface area contributed by atoms with Gasteiger partial charge in [0.25, 0.3) is 0 Å². The lowest BCUT2D eigenvalue weighted by atomic mass is 9.96. The molecule has 1 amide bonds. The molecule has 1 saturated heterocycles. The van der Waals surface area contributed by atoms with Crippen LogP contribution in [0, 0.1) is 5.92 Å². The van der Waals surface area contributed by atoms with E-state index >= 15 is 0 Å². The van der Waals surface area contributed by atoms with Crippen molar-refractivity contribution in [1.29, 1.82) is 0 Å². The quantitative estimate of drug-likeness (QED) is 0.740. The average molecular weight is 269 g/mol. The summed E-state index contributed by atoms with van der Waals surface area (Å²) in [5.74, 6) is 1.32. The number of carbonyl (C=O) groups excluding carboxylic acids is 1. The Bertz CT molecular complexity index is 369. The molecule has 0 spiro atoms. The molecule has 0 aliphatic carbocycles. The maximum absolute atomic E-state index is 11.9. The standard InChI is InChI=1S/C12H23N5O2/c1-12(2,3)19-11(18)17-7-5-9(6-8-17)10-13-15-16(4)14-10/h9,15H,5-8H2,1-4H3,(H,13,14). The molecule has 7 heteroatoms. The number of hydrazone groups is 1. The largest absolute Gasteiger partial charge is 0.444 e. The molecule has 7 nitrogen and oxygen atoms in total. The van der Waals surface area contributed by atoms with E-state index in [1.165, 1.54) is 0 Å². The average Bonchev–Trinajstić information content (AvgIpc) is 2.74. The number of likely N-dealkylation sites (tertiary alicyclic amines) is 1. The highest BCUT2D eigenvalue weighted by molar-refractivity contribution is 5.85. The molecule has 2 N–H and O–H groups in total. The summed E-state index contributed by atoms with van der Waals surface area (Å²) in [6.45, 7) is 7.08. The van der Waals surface area contributed by atoms with Gasteiger partial charge in [0.15, 0.2) is 0 Å². The van der Waals surface area contributed by atoms with E-state index in [1.807, 2.05) is 27.8 Å². The zero-order valence-corrected chi connectivity index (χ0v) is 12.1. The Hall–Kier alpha value is -1.50. The Morgan fingerprint density at radius 1 is 1.37 bits per heavy atom. The highest BCUT2D eigenvalue weighted by Crippen LogP contribution is 2.21. The van der Waals surface area contributed by atoms with Gasteiger partial charge in [-0.25, -0.2) is 10.3 Å². The summed E-state index contributed by atoms with van der Waals surface area (Å²) in [5.41, 5.74) is 5.55. The summed E-state index contributed by atoms with van der Waals surface area (Å²) in [5, 5.41) is 5.93. The normalized spacial score (nSPS) is 21.7. The van der Waals surface area contributed by atoms with Gasteiger partial charge in [-0.1, -0.05) is 0 Å². The summed E-state index contributed by atoms with van der Waals surface area (Å²) in [6.07, 6.45) is 1.59. The monoisotopic (exact) mass is 269 g/mol. The van der Waals surface area contributed by atoms with Crippen molar-refractivity contribution in [2.75, 3.05) is 20.1 Å². The second-order valence-corrected chi connectivity index (χ2v) is 6.01. The summed E-state index contributed by atoms with van der Waals surface area (Å²) in [7, 11) is 1.87. The first kappa shape index (κ1) is 13.9. The third-order valence-electron chi connectivity index (χ3n) is 3.14. The SMILES string of the molecule is CN1NN=C(C2CCN(C(=O)OC(C)(C)C)CC2)N1. The van der Waals surface area contributed by atoms with Gasteiger partial charge in [0.2, 0.25) is 0 Å². The molecule has 2 aliphatic rings. The lowest BCUT2D eigenvalue weighted by Crippen LogP contribution is -2.46. The number of rotatable bonds is 1. The van der Waals surface area contributed by atoms with Crippen LogP contribution in [0.25, 0.3) is 0 Å². The summed E-state index contributed by atoms with van der Waals surface area (Å²) in [4.78, 5) is 13.7. The number of nitrogens with one attached hydrogen (secondary N) is 2. The van der Waals surface area contributed by atoms with Crippen molar-refractivity contribution in [2.45, 2.75) is 39.2 Å². The number of hydrogen-bond donors (Lipinski definition) is 2. The lowest BCUT2D eigenvalue weighted by Gasteiger charge is -2.33. The van der Waals surface area contributed by atoms with Crippen molar-refractivity contribution in [3.05, 3.63) is 0 Å². The smallest absolute Gasteiger partial charge is 0.410 e. The minimum Gasteiger partial charge on any atom is -0.444 e. The van der Waals surface area contributed by atoms with Crippen LogP contribution in [-0.4, -0.2) is 47.7 Å². The van der Waals surface area contributed by atoms with Gasteiger partial charge < -0.3 is 9.64 Å². The van der Waals surface area contributed by atoms with E-state index in [0.29, 0.717) is 19.0 Å². The van der Waals surface area contributed by atoms with E-state index in [0.717, 1.165) is 18.7 Å². The Morgan fingerprint density at radius 2 is 2.00 bits per heavy atom. The Morgan fingerprint density at radius 3 is 2.47 bits per heavy atom. The van der Waals surface area contributed by atoms with Gasteiger partial charge in [0.1, 0.15) is 11.4 Å². The van der Waals surface area contributed by atoms with Crippen molar-refractivity contribution in [3.8, 4) is 0 Å². The summed E-state index contributed by atoms with van der Waals surface area (Å²) >= 11 is 0. The zero-order chi connectivity index (χ0) is 14.0. The van der Waals surface area contributed by atoms with E-state index in [4.69, 9.17) is 4.74 Å². The molecule has 108 valence electrons. The minimum atomic E-state index is -0.433. The molecule has 2 rings (SSSR count). The highest BCUT2D eigenvalue weighted by Gasteiger charge is 2.30. The maximum Gasteiger partial charge on any atom is 0.410 e. The van der Waals surface area contributed by atoms with Crippen LogP contribution in [0.5, 0.6) is 0 Å². The number of hydrazine groups is 2. The number of amides is 1. The van der Waals surface area contributed by atoms with E-state index in [1.54, 1.807) is 10.0 Å². The lowest BCUT2D eigenvalue weighted by molar-refractivity contribution is 0.0200. The molecule has 19 heavy (non-hydrogen) atoms. The second-order valence-electron chi connectivity index (χ2n) is 6.01. The van der Waals surface area contributed by atoms with Gasteiger partial charge in [-0.2, -0.15) is 0 Å². The number of hydrogen-bond acceptors (Lipinski definition) is 6. The van der Waals surface area contributed by atoms with Crippen LogP contribution in [0.3, 0.4) is 0 Å². The third kappa shape index (κ3) is 3.73. The number of carbonyl (C=O) groups is 1. The van der Waals surface area contributed by atoms with Crippen molar-refractivity contribution in [3.63, 3.8) is 0 Å². The Kier molecular flexibility index (Phi) is 3.84. The molecular weight excluding hydrogens is 246 g/mol. The molecule has 1 fully saturated rings. The molecule has 0 aromatic carbocycles. The van der Waals surface area contributed by atoms with Gasteiger partial charge in [0, 0.05) is 26.1 Å². The van der Waals surface area contributed by atoms with Crippen LogP contribution in [0.2, 0.25) is 0 Å². The molecule has 0 bridgehead atoms. The van der Waals surface area contributed by atoms with Crippen LogP contribution >= 0.6 is 0 Å². The summed E-state index contributed by atoms with van der Waals surface area (Å²) in [6, 6.07) is 0. The Labute approximate surface area is 113 Å². The minimum absolute atomic E-state index is 0.220. The van der Waals surface area contributed by atoms with Crippen molar-refractivity contribution in [2.24, 2.45) is 11.0 Å². The number of nitrogens with zero attached hydrogens (tertiary/aromatic N) is 3. The fraction of sp³-hybridized carbons (Fsp3) is 0.833. The van der Waals surface area contributed by atoms with E-state index in [9.17, 15) is 4.79 Å². The molecular formula is C12H23N5O2. The van der Waals surface area contributed by atoms with Crippen LogP contribution in [0.15, 0.2) is 5.10 Å². The number of ether oxygens (including phenoxy) is 1. The van der Waals surface area contributed by atoms with Crippen LogP contribution < -0.4 is 11.0 Å². The first-order chi connectivity index (χ1) is 8.85. The fourth-order valence-electron chi connectivity index (χ4n) is 2.20. The molecule has 0 atom stereocenters. The van der Waals surface area contributed by atoms with Gasteiger partial charge in [-0.15, -0.1) is 10.2 Å². The molecule has 0 aromatic heterocycles. The number of amidine groups is 1.